The van der Waals surface area contributed by atoms with Gasteiger partial charge in [0, 0.05) is 10.9 Å². The monoisotopic (exact) mass is 339 g/mol. The summed E-state index contributed by atoms with van der Waals surface area (Å²) in [5, 5.41) is 4.16. The maximum absolute atomic E-state index is 12.9. The van der Waals surface area contributed by atoms with Gasteiger partial charge in [0.25, 0.3) is 0 Å². The fourth-order valence-corrected chi connectivity index (χ4v) is 3.62. The van der Waals surface area contributed by atoms with Crippen LogP contribution in [0.4, 0.5) is 10.5 Å². The summed E-state index contributed by atoms with van der Waals surface area (Å²) in [4.78, 5) is 19.3. The van der Waals surface area contributed by atoms with Gasteiger partial charge in [-0.1, -0.05) is 67.2 Å². The minimum Gasteiger partial charge on any atom is -0.307 e. The molecule has 2 aromatic carbocycles. The summed E-state index contributed by atoms with van der Waals surface area (Å²) >= 11 is 1.65. The van der Waals surface area contributed by atoms with Gasteiger partial charge in [0.1, 0.15) is 0 Å². The molecular formula is C19H21N3OS. The van der Waals surface area contributed by atoms with Crippen molar-refractivity contribution in [2.24, 2.45) is 4.99 Å². The highest BCUT2D eigenvalue weighted by Gasteiger charge is 2.30. The van der Waals surface area contributed by atoms with E-state index in [0.29, 0.717) is 5.25 Å². The number of amides is 2. The number of hydrogen-bond donors (Lipinski definition) is 1. The van der Waals surface area contributed by atoms with E-state index in [-0.39, 0.29) is 12.1 Å². The van der Waals surface area contributed by atoms with E-state index in [9.17, 15) is 4.79 Å². The van der Waals surface area contributed by atoms with Gasteiger partial charge >= 0.3 is 6.03 Å². The molecule has 0 unspecified atom stereocenters. The van der Waals surface area contributed by atoms with Crippen LogP contribution in [-0.2, 0) is 0 Å². The largest absolute Gasteiger partial charge is 0.328 e. The Hall–Kier alpha value is -2.27. The Kier molecular flexibility index (Phi) is 5.20. The number of urea groups is 1. The first kappa shape index (κ1) is 16.6. The van der Waals surface area contributed by atoms with Crippen LogP contribution in [0.5, 0.6) is 0 Å². The molecule has 1 aliphatic rings. The summed E-state index contributed by atoms with van der Waals surface area (Å²) in [5.74, 6) is 0. The fourth-order valence-electron chi connectivity index (χ4n) is 2.61. The summed E-state index contributed by atoms with van der Waals surface area (Å²) < 4.78 is 0. The van der Waals surface area contributed by atoms with Gasteiger partial charge in [-0.25, -0.2) is 4.79 Å². The third-order valence-corrected chi connectivity index (χ3v) is 5.00. The van der Waals surface area contributed by atoms with Crippen LogP contribution in [-0.4, -0.2) is 27.9 Å². The number of hydrogen-bond acceptors (Lipinski definition) is 3. The summed E-state index contributed by atoms with van der Waals surface area (Å²) in [6, 6.07) is 19.3. The molecular weight excluding hydrogens is 318 g/mol. The van der Waals surface area contributed by atoms with Crippen LogP contribution in [0, 0.1) is 0 Å². The zero-order valence-corrected chi connectivity index (χ0v) is 14.7. The van der Waals surface area contributed by atoms with Gasteiger partial charge in [0.05, 0.1) is 12.6 Å². The minimum absolute atomic E-state index is 0.0912. The number of aliphatic imine (C=N–C) groups is 1. The molecule has 3 rings (SSSR count). The van der Waals surface area contributed by atoms with E-state index in [1.165, 1.54) is 0 Å². The standard InChI is InChI=1S/C19H21N3OS/c1-14-13-20-19(24-14)22(15(2)16-9-5-3-6-10-16)18(23)21-17-11-7-4-8-12-17/h3-12,14-15H,13H2,1-2H3,(H,21,23)/t14-,15-/m0/s1. The van der Waals surface area contributed by atoms with Crippen molar-refractivity contribution < 1.29 is 4.79 Å². The molecule has 0 bridgehead atoms. The van der Waals surface area contributed by atoms with Crippen LogP contribution in [0.1, 0.15) is 25.5 Å². The molecule has 0 spiro atoms. The molecule has 124 valence electrons. The highest BCUT2D eigenvalue weighted by Crippen LogP contribution is 2.30. The first-order valence-electron chi connectivity index (χ1n) is 8.06. The first-order chi connectivity index (χ1) is 11.6. The van der Waals surface area contributed by atoms with Gasteiger partial charge in [-0.3, -0.25) is 9.89 Å². The average molecular weight is 339 g/mol. The van der Waals surface area contributed by atoms with Gasteiger partial charge < -0.3 is 5.32 Å². The van der Waals surface area contributed by atoms with E-state index < -0.39 is 0 Å². The summed E-state index contributed by atoms with van der Waals surface area (Å²) in [6.45, 7) is 4.91. The van der Waals surface area contributed by atoms with Crippen molar-refractivity contribution in [3.8, 4) is 0 Å². The Bertz CT molecular complexity index is 718. The molecule has 0 radical (unpaired) electrons. The minimum atomic E-state index is -0.155. The molecule has 5 heteroatoms. The maximum Gasteiger partial charge on any atom is 0.328 e. The molecule has 1 N–H and O–H groups in total. The van der Waals surface area contributed by atoms with Crippen LogP contribution in [0.25, 0.3) is 0 Å². The predicted molar refractivity (Wildman–Crippen MR) is 102 cm³/mol. The smallest absolute Gasteiger partial charge is 0.307 e. The first-order valence-corrected chi connectivity index (χ1v) is 8.94. The quantitative estimate of drug-likeness (QED) is 0.875. The van der Waals surface area contributed by atoms with Gasteiger partial charge in [-0.2, -0.15) is 0 Å². The van der Waals surface area contributed by atoms with Crippen LogP contribution >= 0.6 is 11.8 Å². The van der Waals surface area contributed by atoms with E-state index in [1.807, 2.05) is 67.6 Å². The van der Waals surface area contributed by atoms with Gasteiger partial charge in [0.15, 0.2) is 5.17 Å². The van der Waals surface area contributed by atoms with E-state index >= 15 is 0 Å². The second kappa shape index (κ2) is 7.53. The lowest BCUT2D eigenvalue weighted by atomic mass is 10.1. The number of thioether (sulfide) groups is 1. The fraction of sp³-hybridized carbons (Fsp3) is 0.263. The molecule has 0 aromatic heterocycles. The SMILES string of the molecule is C[C@H]1CN=C(N(C(=O)Nc2ccccc2)[C@@H](C)c2ccccc2)S1. The number of benzene rings is 2. The van der Waals surface area contributed by atoms with E-state index in [0.717, 1.165) is 23.0 Å². The van der Waals surface area contributed by atoms with Crippen LogP contribution in [0.15, 0.2) is 65.7 Å². The molecule has 2 aromatic rings. The molecule has 4 nitrogen and oxygen atoms in total. The second-order valence-electron chi connectivity index (χ2n) is 5.80. The van der Waals surface area contributed by atoms with Crippen molar-refractivity contribution in [3.63, 3.8) is 0 Å². The van der Waals surface area contributed by atoms with Crippen molar-refractivity contribution in [1.82, 2.24) is 4.90 Å². The molecule has 24 heavy (non-hydrogen) atoms. The molecule has 0 aliphatic carbocycles. The lowest BCUT2D eigenvalue weighted by Gasteiger charge is -2.29. The van der Waals surface area contributed by atoms with Crippen LogP contribution in [0.2, 0.25) is 0 Å². The van der Waals surface area contributed by atoms with Crippen molar-refractivity contribution in [2.45, 2.75) is 25.1 Å². The van der Waals surface area contributed by atoms with Gasteiger partial charge in [-0.05, 0) is 24.6 Å². The molecule has 0 saturated carbocycles. The van der Waals surface area contributed by atoms with Gasteiger partial charge in [0.2, 0.25) is 0 Å². The number of nitrogens with zero attached hydrogens (tertiary/aromatic N) is 2. The number of para-hydroxylation sites is 1. The third-order valence-electron chi connectivity index (χ3n) is 3.91. The summed E-state index contributed by atoms with van der Waals surface area (Å²) in [5.41, 5.74) is 1.87. The predicted octanol–water partition coefficient (Wildman–Crippen LogP) is 4.77. The number of carbonyl (C=O) groups excluding carboxylic acids is 1. The molecule has 2 atom stereocenters. The highest BCUT2D eigenvalue weighted by molar-refractivity contribution is 8.14. The second-order valence-corrected chi connectivity index (χ2v) is 7.21. The topological polar surface area (TPSA) is 44.7 Å². The van der Waals surface area contributed by atoms with E-state index in [2.05, 4.69) is 17.2 Å². The number of carbonyl (C=O) groups is 1. The third kappa shape index (κ3) is 3.79. The number of anilines is 1. The lowest BCUT2D eigenvalue weighted by Crippen LogP contribution is -2.40. The highest BCUT2D eigenvalue weighted by atomic mass is 32.2. The Labute approximate surface area is 147 Å². The van der Waals surface area contributed by atoms with E-state index in [4.69, 9.17) is 0 Å². The lowest BCUT2D eigenvalue weighted by molar-refractivity contribution is 0.225. The zero-order chi connectivity index (χ0) is 16.9. The van der Waals surface area contributed by atoms with Crippen molar-refractivity contribution in [1.29, 1.82) is 0 Å². The van der Waals surface area contributed by atoms with Gasteiger partial charge in [-0.15, -0.1) is 0 Å². The molecule has 0 fully saturated rings. The molecule has 1 aliphatic heterocycles. The van der Waals surface area contributed by atoms with E-state index in [1.54, 1.807) is 16.7 Å². The molecule has 0 saturated heterocycles. The molecule has 1 heterocycles. The Morgan fingerprint density at radius 2 is 1.79 bits per heavy atom. The number of amidine groups is 1. The Morgan fingerprint density at radius 3 is 2.38 bits per heavy atom. The van der Waals surface area contributed by atoms with Crippen LogP contribution in [0.3, 0.4) is 0 Å². The van der Waals surface area contributed by atoms with Crippen molar-refractivity contribution in [2.75, 3.05) is 11.9 Å². The Balaban J connectivity index is 1.86. The number of nitrogens with one attached hydrogen (secondary N) is 1. The van der Waals surface area contributed by atoms with Crippen molar-refractivity contribution in [3.05, 3.63) is 66.2 Å². The van der Waals surface area contributed by atoms with Crippen LogP contribution < -0.4 is 5.32 Å². The zero-order valence-electron chi connectivity index (χ0n) is 13.8. The number of rotatable bonds is 3. The molecule has 2 amide bonds. The maximum atomic E-state index is 12.9. The summed E-state index contributed by atoms with van der Waals surface area (Å²) in [6.07, 6.45) is 0. The summed E-state index contributed by atoms with van der Waals surface area (Å²) in [7, 11) is 0. The Morgan fingerprint density at radius 1 is 1.17 bits per heavy atom. The normalized spacial score (nSPS) is 17.9. The average Bonchev–Trinajstić information content (AvgIpc) is 3.02. The van der Waals surface area contributed by atoms with Crippen molar-refractivity contribution >= 4 is 28.6 Å².